The fraction of sp³-hybridized carbons (Fsp3) is 0.300. The number of carbonyl (C=O) groups excluding carboxylic acids is 2. The summed E-state index contributed by atoms with van der Waals surface area (Å²) in [5, 5.41) is 0.373. The highest BCUT2D eigenvalue weighted by atomic mass is 35.5. The molecular weight excluding hydrogens is 359 g/mol. The van der Waals surface area contributed by atoms with Crippen molar-refractivity contribution in [1.29, 1.82) is 0 Å². The fourth-order valence-corrected chi connectivity index (χ4v) is 2.89. The summed E-state index contributed by atoms with van der Waals surface area (Å²) in [6, 6.07) is 12.0. The third kappa shape index (κ3) is 4.62. The molecule has 25 heavy (non-hydrogen) atoms. The summed E-state index contributed by atoms with van der Waals surface area (Å²) < 4.78 is 5.25. The molecule has 0 spiro atoms. The van der Waals surface area contributed by atoms with Crippen LogP contribution in [0, 0.1) is 0 Å². The summed E-state index contributed by atoms with van der Waals surface area (Å²) in [4.78, 5) is 24.8. The van der Waals surface area contributed by atoms with Crippen LogP contribution in [0.3, 0.4) is 0 Å². The zero-order chi connectivity index (χ0) is 18.8. The van der Waals surface area contributed by atoms with Crippen LogP contribution in [0.25, 0.3) is 0 Å². The summed E-state index contributed by atoms with van der Waals surface area (Å²) in [7, 11) is 0. The maximum Gasteiger partial charge on any atom is 0.341 e. The van der Waals surface area contributed by atoms with Crippen LogP contribution in [0.1, 0.15) is 54.0 Å². The normalized spacial score (nSPS) is 12.6. The van der Waals surface area contributed by atoms with Gasteiger partial charge in [0.1, 0.15) is 0 Å². The summed E-state index contributed by atoms with van der Waals surface area (Å²) in [5.41, 5.74) is 1.67. The van der Waals surface area contributed by atoms with Crippen LogP contribution in [0.5, 0.6) is 0 Å². The molecule has 0 aliphatic carbocycles. The molecule has 132 valence electrons. The molecule has 0 amide bonds. The lowest BCUT2D eigenvalue weighted by Crippen LogP contribution is -2.25. The number of ketones is 1. The topological polar surface area (TPSA) is 43.4 Å². The Balaban J connectivity index is 2.14. The van der Waals surface area contributed by atoms with Gasteiger partial charge in [-0.1, -0.05) is 74.3 Å². The molecule has 5 heteroatoms. The van der Waals surface area contributed by atoms with Gasteiger partial charge in [0.2, 0.25) is 5.78 Å². The van der Waals surface area contributed by atoms with Crippen LogP contribution < -0.4 is 0 Å². The van der Waals surface area contributed by atoms with E-state index < -0.39 is 12.1 Å². The lowest BCUT2D eigenvalue weighted by atomic mass is 9.86. The maximum absolute atomic E-state index is 12.5. The quantitative estimate of drug-likeness (QED) is 0.504. The average Bonchev–Trinajstić information content (AvgIpc) is 2.53. The maximum atomic E-state index is 12.5. The Bertz CT molecular complexity index is 769. The Kier molecular flexibility index (Phi) is 5.91. The van der Waals surface area contributed by atoms with E-state index in [1.807, 2.05) is 12.1 Å². The smallest absolute Gasteiger partial charge is 0.341 e. The van der Waals surface area contributed by atoms with E-state index in [1.54, 1.807) is 30.3 Å². The number of rotatable bonds is 4. The Labute approximate surface area is 157 Å². The van der Waals surface area contributed by atoms with Gasteiger partial charge in [-0.05, 0) is 30.0 Å². The molecule has 2 aromatic carbocycles. The van der Waals surface area contributed by atoms with Crippen molar-refractivity contribution in [2.75, 3.05) is 0 Å². The molecule has 0 heterocycles. The summed E-state index contributed by atoms with van der Waals surface area (Å²) in [6.07, 6.45) is -0.944. The third-order valence-electron chi connectivity index (χ3n) is 3.86. The van der Waals surface area contributed by atoms with Crippen LogP contribution in [0.2, 0.25) is 10.0 Å². The predicted molar refractivity (Wildman–Crippen MR) is 101 cm³/mol. The highest BCUT2D eigenvalue weighted by molar-refractivity contribution is 6.39. The Morgan fingerprint density at radius 2 is 1.48 bits per heavy atom. The summed E-state index contributed by atoms with van der Waals surface area (Å²) >= 11 is 12.0. The van der Waals surface area contributed by atoms with Gasteiger partial charge in [-0.15, -0.1) is 0 Å². The second kappa shape index (κ2) is 7.59. The molecule has 0 aliphatic rings. The first kappa shape index (κ1) is 19.5. The highest BCUT2D eigenvalue weighted by Crippen LogP contribution is 2.26. The van der Waals surface area contributed by atoms with E-state index in [2.05, 4.69) is 20.8 Å². The molecule has 0 saturated carbocycles. The van der Waals surface area contributed by atoms with Crippen molar-refractivity contribution < 1.29 is 14.3 Å². The minimum absolute atomic E-state index is 0.000463. The Hall–Kier alpha value is -1.84. The molecule has 2 aromatic rings. The molecule has 0 bridgehead atoms. The zero-order valence-electron chi connectivity index (χ0n) is 14.6. The van der Waals surface area contributed by atoms with Crippen LogP contribution in [0.4, 0.5) is 0 Å². The van der Waals surface area contributed by atoms with Gasteiger partial charge in [-0.25, -0.2) is 4.79 Å². The molecule has 0 fully saturated rings. The minimum atomic E-state index is -0.944. The first-order chi connectivity index (χ1) is 11.6. The van der Waals surface area contributed by atoms with E-state index in [-0.39, 0.29) is 26.8 Å². The van der Waals surface area contributed by atoms with E-state index in [4.69, 9.17) is 27.9 Å². The first-order valence-corrected chi connectivity index (χ1v) is 8.66. The monoisotopic (exact) mass is 378 g/mol. The van der Waals surface area contributed by atoms with Crippen LogP contribution in [-0.4, -0.2) is 17.9 Å². The molecule has 0 radical (unpaired) electrons. The molecule has 0 unspecified atom stereocenters. The summed E-state index contributed by atoms with van der Waals surface area (Å²) in [5.74, 6) is -1.00. The van der Waals surface area contributed by atoms with Crippen molar-refractivity contribution in [2.24, 2.45) is 0 Å². The van der Waals surface area contributed by atoms with E-state index in [0.717, 1.165) is 5.56 Å². The van der Waals surface area contributed by atoms with E-state index in [0.29, 0.717) is 5.56 Å². The number of benzene rings is 2. The number of hydrogen-bond donors (Lipinski definition) is 0. The Morgan fingerprint density at radius 3 is 1.96 bits per heavy atom. The lowest BCUT2D eigenvalue weighted by molar-refractivity contribution is 0.0319. The van der Waals surface area contributed by atoms with Gasteiger partial charge in [-0.3, -0.25) is 4.79 Å². The van der Waals surface area contributed by atoms with Crippen molar-refractivity contribution in [3.8, 4) is 0 Å². The van der Waals surface area contributed by atoms with Crippen molar-refractivity contribution in [2.45, 2.75) is 39.2 Å². The van der Waals surface area contributed by atoms with E-state index in [1.165, 1.54) is 6.92 Å². The van der Waals surface area contributed by atoms with Crippen LogP contribution in [0.15, 0.2) is 42.5 Å². The molecule has 3 nitrogen and oxygen atoms in total. The number of hydrogen-bond acceptors (Lipinski definition) is 3. The highest BCUT2D eigenvalue weighted by Gasteiger charge is 2.24. The Morgan fingerprint density at radius 1 is 0.960 bits per heavy atom. The van der Waals surface area contributed by atoms with E-state index in [9.17, 15) is 9.59 Å². The van der Waals surface area contributed by atoms with Gasteiger partial charge in [0.05, 0.1) is 15.6 Å². The second-order valence-corrected chi connectivity index (χ2v) is 7.65. The van der Waals surface area contributed by atoms with Gasteiger partial charge < -0.3 is 4.74 Å². The van der Waals surface area contributed by atoms with Crippen molar-refractivity contribution in [3.63, 3.8) is 0 Å². The van der Waals surface area contributed by atoms with Gasteiger partial charge >= 0.3 is 5.97 Å². The molecule has 0 aliphatic heterocycles. The van der Waals surface area contributed by atoms with Crippen LogP contribution in [-0.2, 0) is 10.2 Å². The predicted octanol–water partition coefficient (Wildman–Crippen LogP) is 5.72. The largest absolute Gasteiger partial charge is 0.451 e. The van der Waals surface area contributed by atoms with Gasteiger partial charge in [-0.2, -0.15) is 0 Å². The van der Waals surface area contributed by atoms with E-state index >= 15 is 0 Å². The fourth-order valence-electron chi connectivity index (χ4n) is 2.34. The van der Waals surface area contributed by atoms with Gasteiger partial charge in [0.25, 0.3) is 0 Å². The molecule has 0 N–H and O–H groups in total. The molecule has 0 saturated heterocycles. The SMILES string of the molecule is C[C@H](OC(=O)c1c(Cl)cccc1Cl)C(=O)c1ccc(C(C)(C)C)cc1. The molecule has 2 rings (SSSR count). The molecular formula is C20H20Cl2O3. The number of esters is 1. The molecule has 0 aromatic heterocycles. The third-order valence-corrected chi connectivity index (χ3v) is 4.49. The standard InChI is InChI=1S/C20H20Cl2O3/c1-12(25-19(24)17-15(21)6-5-7-16(17)22)18(23)13-8-10-14(11-9-13)20(2,3)4/h5-12H,1-4H3/t12-/m0/s1. The van der Waals surface area contributed by atoms with Gasteiger partial charge in [0, 0.05) is 5.56 Å². The number of ether oxygens (including phenoxy) is 1. The van der Waals surface area contributed by atoms with Crippen LogP contribution >= 0.6 is 23.2 Å². The van der Waals surface area contributed by atoms with Gasteiger partial charge in [0.15, 0.2) is 6.10 Å². The number of carbonyl (C=O) groups is 2. The lowest BCUT2D eigenvalue weighted by Gasteiger charge is -2.19. The first-order valence-electron chi connectivity index (χ1n) is 7.91. The zero-order valence-corrected chi connectivity index (χ0v) is 16.1. The van der Waals surface area contributed by atoms with Crippen molar-refractivity contribution >= 4 is 35.0 Å². The number of halogens is 2. The summed E-state index contributed by atoms with van der Waals surface area (Å²) in [6.45, 7) is 7.83. The van der Waals surface area contributed by atoms with Crippen molar-refractivity contribution in [3.05, 3.63) is 69.2 Å². The van der Waals surface area contributed by atoms with Crippen molar-refractivity contribution in [1.82, 2.24) is 0 Å². The minimum Gasteiger partial charge on any atom is -0.451 e. The second-order valence-electron chi connectivity index (χ2n) is 6.84. The molecule has 1 atom stereocenters. The number of Topliss-reactive ketones (excluding diaryl/α,β-unsaturated/α-hetero) is 1. The average molecular weight is 379 g/mol.